The molecule has 0 bridgehead atoms. The van der Waals surface area contributed by atoms with E-state index in [-0.39, 0.29) is 29.4 Å². The molecule has 0 saturated carbocycles. The van der Waals surface area contributed by atoms with Gasteiger partial charge >= 0.3 is 15.5 Å². The number of fused-ring (bicyclic) bond motifs is 1. The first-order chi connectivity index (χ1) is 14.7. The Morgan fingerprint density at radius 3 is 2.61 bits per heavy atom. The van der Waals surface area contributed by atoms with Gasteiger partial charge in [0, 0.05) is 16.5 Å². The zero-order chi connectivity index (χ0) is 22.2. The summed E-state index contributed by atoms with van der Waals surface area (Å²) in [6, 6.07) is 10.2. The van der Waals surface area contributed by atoms with Crippen molar-refractivity contribution in [1.82, 2.24) is 4.98 Å². The van der Waals surface area contributed by atoms with Crippen molar-refractivity contribution in [3.05, 3.63) is 70.2 Å². The van der Waals surface area contributed by atoms with E-state index in [4.69, 9.17) is 4.74 Å². The highest BCUT2D eigenvalue weighted by atomic mass is 32.2. The van der Waals surface area contributed by atoms with Crippen molar-refractivity contribution in [3.8, 4) is 16.9 Å². The van der Waals surface area contributed by atoms with Gasteiger partial charge in [-0.1, -0.05) is 24.3 Å². The smallest absolute Gasteiger partial charge is 0.488 e. The lowest BCUT2D eigenvalue weighted by atomic mass is 9.95. The van der Waals surface area contributed by atoms with Crippen molar-refractivity contribution < 1.29 is 31.1 Å². The van der Waals surface area contributed by atoms with E-state index in [1.54, 1.807) is 27.8 Å². The van der Waals surface area contributed by atoms with Gasteiger partial charge in [0.25, 0.3) is 0 Å². The second kappa shape index (κ2) is 7.82. The van der Waals surface area contributed by atoms with Gasteiger partial charge in [-0.15, -0.1) is 11.3 Å². The molecule has 2 aromatic carbocycles. The standard InChI is InChI=1S/C20H13F3N2O4S2/c21-20(22,23)31(27,28)25-17-4-2-1-3-15(17)12-5-6-16-18(8-12)29-9-13(19(16)26)7-14-10-30-11-24-14/h1-8,10-11,25H,9H2/b13-7+. The molecule has 0 unspecified atom stereocenters. The van der Waals surface area contributed by atoms with Crippen molar-refractivity contribution in [2.75, 3.05) is 11.3 Å². The molecule has 0 aliphatic carbocycles. The third kappa shape index (κ3) is 4.19. The highest BCUT2D eigenvalue weighted by Crippen LogP contribution is 2.36. The zero-order valence-electron chi connectivity index (χ0n) is 15.5. The third-order valence-electron chi connectivity index (χ3n) is 4.46. The van der Waals surface area contributed by atoms with Crippen molar-refractivity contribution in [1.29, 1.82) is 0 Å². The molecule has 2 heterocycles. The first-order valence-corrected chi connectivity index (χ1v) is 11.2. The molecule has 0 amide bonds. The number of sulfonamides is 1. The number of aromatic nitrogens is 1. The second-order valence-corrected chi connectivity index (χ2v) is 8.90. The van der Waals surface area contributed by atoms with Crippen LogP contribution in [0.1, 0.15) is 16.1 Å². The van der Waals surface area contributed by atoms with Gasteiger partial charge in [-0.05, 0) is 29.8 Å². The minimum absolute atomic E-state index is 0.00909. The quantitative estimate of drug-likeness (QED) is 0.562. The third-order valence-corrected chi connectivity index (χ3v) is 6.16. The molecule has 0 atom stereocenters. The summed E-state index contributed by atoms with van der Waals surface area (Å²) in [4.78, 5) is 16.9. The van der Waals surface area contributed by atoms with Crippen LogP contribution in [0.4, 0.5) is 18.9 Å². The number of thiazole rings is 1. The average molecular weight is 466 g/mol. The van der Waals surface area contributed by atoms with Gasteiger partial charge in [0.2, 0.25) is 0 Å². The molecule has 0 fully saturated rings. The minimum Gasteiger partial charge on any atom is -0.488 e. The molecule has 0 radical (unpaired) electrons. The van der Waals surface area contributed by atoms with E-state index in [2.05, 4.69) is 4.98 Å². The molecular weight excluding hydrogens is 453 g/mol. The van der Waals surface area contributed by atoms with Gasteiger partial charge in [0.1, 0.15) is 12.4 Å². The minimum atomic E-state index is -5.59. The lowest BCUT2D eigenvalue weighted by Gasteiger charge is -2.20. The molecule has 11 heteroatoms. The maximum atomic E-state index is 12.8. The highest BCUT2D eigenvalue weighted by Gasteiger charge is 2.46. The Bertz CT molecular complexity index is 1280. The summed E-state index contributed by atoms with van der Waals surface area (Å²) in [7, 11) is -5.59. The summed E-state index contributed by atoms with van der Waals surface area (Å²) in [5.41, 5.74) is -2.10. The van der Waals surface area contributed by atoms with Crippen LogP contribution in [0, 0.1) is 0 Å². The highest BCUT2D eigenvalue weighted by molar-refractivity contribution is 7.93. The Balaban J connectivity index is 1.68. The van der Waals surface area contributed by atoms with Crippen molar-refractivity contribution in [2.45, 2.75) is 5.51 Å². The van der Waals surface area contributed by atoms with Crippen LogP contribution in [0.25, 0.3) is 17.2 Å². The van der Waals surface area contributed by atoms with Gasteiger partial charge in [-0.3, -0.25) is 9.52 Å². The maximum absolute atomic E-state index is 12.8. The number of ketones is 1. The molecule has 4 rings (SSSR count). The molecular formula is C20H13F3N2O4S2. The normalized spacial score (nSPS) is 15.5. The summed E-state index contributed by atoms with van der Waals surface area (Å²) in [6.45, 7) is 0.00909. The molecule has 6 nitrogen and oxygen atoms in total. The molecule has 1 N–H and O–H groups in total. The van der Waals surface area contributed by atoms with Crippen LogP contribution in [0.2, 0.25) is 0 Å². The van der Waals surface area contributed by atoms with Gasteiger partial charge in [0.15, 0.2) is 5.78 Å². The number of ether oxygens (including phenoxy) is 1. The number of hydrogen-bond acceptors (Lipinski definition) is 6. The van der Waals surface area contributed by atoms with Crippen molar-refractivity contribution >= 4 is 38.9 Å². The molecule has 1 aliphatic heterocycles. The van der Waals surface area contributed by atoms with Crippen LogP contribution < -0.4 is 9.46 Å². The second-order valence-electron chi connectivity index (χ2n) is 6.51. The van der Waals surface area contributed by atoms with Crippen LogP contribution in [0.15, 0.2) is 58.9 Å². The van der Waals surface area contributed by atoms with E-state index >= 15 is 0 Å². The Morgan fingerprint density at radius 2 is 1.90 bits per heavy atom. The first kappa shape index (κ1) is 21.1. The Labute approximate surface area is 179 Å². The van der Waals surface area contributed by atoms with E-state index in [1.807, 2.05) is 0 Å². The fraction of sp³-hybridized carbons (Fsp3) is 0.100. The van der Waals surface area contributed by atoms with E-state index in [0.29, 0.717) is 22.4 Å². The summed E-state index contributed by atoms with van der Waals surface area (Å²) in [5, 5.41) is 1.79. The molecule has 0 spiro atoms. The number of hydrogen-bond donors (Lipinski definition) is 1. The van der Waals surface area contributed by atoms with E-state index in [0.717, 1.165) is 0 Å². The Morgan fingerprint density at radius 1 is 1.13 bits per heavy atom. The predicted octanol–water partition coefficient (Wildman–Crippen LogP) is 4.73. The monoisotopic (exact) mass is 466 g/mol. The summed E-state index contributed by atoms with van der Waals surface area (Å²) >= 11 is 1.39. The van der Waals surface area contributed by atoms with Crippen LogP contribution in [0.5, 0.6) is 5.75 Å². The number of nitrogens with one attached hydrogen (secondary N) is 1. The van der Waals surface area contributed by atoms with E-state index < -0.39 is 15.5 Å². The van der Waals surface area contributed by atoms with Gasteiger partial charge in [-0.2, -0.15) is 21.6 Å². The van der Waals surface area contributed by atoms with E-state index in [1.165, 1.54) is 47.7 Å². The predicted molar refractivity (Wildman–Crippen MR) is 110 cm³/mol. The van der Waals surface area contributed by atoms with Gasteiger partial charge in [0.05, 0.1) is 22.5 Å². The number of benzene rings is 2. The van der Waals surface area contributed by atoms with Crippen molar-refractivity contribution in [2.24, 2.45) is 0 Å². The average Bonchev–Trinajstić information content (AvgIpc) is 3.22. The Hall–Kier alpha value is -3.18. The number of para-hydroxylation sites is 1. The zero-order valence-corrected chi connectivity index (χ0v) is 17.1. The van der Waals surface area contributed by atoms with Gasteiger partial charge in [-0.25, -0.2) is 4.98 Å². The Kier molecular flexibility index (Phi) is 5.31. The number of anilines is 1. The summed E-state index contributed by atoms with van der Waals surface area (Å²) in [6.07, 6.45) is 1.64. The van der Waals surface area contributed by atoms with Crippen LogP contribution in [-0.2, 0) is 10.0 Å². The lowest BCUT2D eigenvalue weighted by Crippen LogP contribution is -2.30. The summed E-state index contributed by atoms with van der Waals surface area (Å²) < 4.78 is 68.6. The fourth-order valence-corrected chi connectivity index (χ4v) is 4.09. The molecule has 0 saturated heterocycles. The first-order valence-electron chi connectivity index (χ1n) is 8.74. The number of rotatable bonds is 4. The maximum Gasteiger partial charge on any atom is 0.516 e. The lowest BCUT2D eigenvalue weighted by molar-refractivity contribution is -0.0429. The molecule has 1 aliphatic rings. The number of Topliss-reactive ketones (excluding diaryl/α,β-unsaturated/α-hetero) is 1. The molecule has 31 heavy (non-hydrogen) atoms. The number of alkyl halides is 3. The number of carbonyl (C=O) groups is 1. The number of halogens is 3. The van der Waals surface area contributed by atoms with Crippen LogP contribution in [0.3, 0.4) is 0 Å². The number of carbonyl (C=O) groups excluding carboxylic acids is 1. The molecule has 3 aromatic rings. The van der Waals surface area contributed by atoms with E-state index in [9.17, 15) is 26.4 Å². The largest absolute Gasteiger partial charge is 0.516 e. The fourth-order valence-electron chi connectivity index (χ4n) is 3.00. The topological polar surface area (TPSA) is 85.4 Å². The SMILES string of the molecule is O=C1/C(=C/c2cscn2)COc2cc(-c3ccccc3NS(=O)(=O)C(F)(F)F)ccc21. The van der Waals surface area contributed by atoms with Crippen LogP contribution >= 0.6 is 11.3 Å². The summed E-state index contributed by atoms with van der Waals surface area (Å²) in [5.74, 6) is 0.0123. The molecule has 160 valence electrons. The number of nitrogens with zero attached hydrogens (tertiary/aromatic N) is 1. The van der Waals surface area contributed by atoms with Crippen molar-refractivity contribution in [3.63, 3.8) is 0 Å². The van der Waals surface area contributed by atoms with Gasteiger partial charge < -0.3 is 4.74 Å². The van der Waals surface area contributed by atoms with Crippen LogP contribution in [-0.4, -0.2) is 31.3 Å². The molecule has 1 aromatic heterocycles.